The maximum atomic E-state index is 11.9. The Kier molecular flexibility index (Phi) is 2.65. The van der Waals surface area contributed by atoms with E-state index in [9.17, 15) is 16.8 Å². The minimum absolute atomic E-state index is 0.0739. The van der Waals surface area contributed by atoms with Crippen molar-refractivity contribution in [2.45, 2.75) is 33.4 Å². The molecular formula is C8H11NO4S3. The molecule has 0 radical (unpaired) electrons. The Morgan fingerprint density at radius 3 is 2.69 bits per heavy atom. The number of primary sulfonamides is 1. The first-order chi connectivity index (χ1) is 7.23. The molecule has 0 aliphatic carbocycles. The summed E-state index contributed by atoms with van der Waals surface area (Å²) in [7, 11) is -7.17. The Morgan fingerprint density at radius 2 is 2.12 bits per heavy atom. The summed E-state index contributed by atoms with van der Waals surface area (Å²) < 4.78 is 46.2. The largest absolute Gasteiger partial charge is 0.247 e. The lowest BCUT2D eigenvalue weighted by atomic mass is 10.1. The van der Waals surface area contributed by atoms with Crippen LogP contribution in [0.2, 0.25) is 0 Å². The maximum Gasteiger partial charge on any atom is 0.247 e. The van der Waals surface area contributed by atoms with Crippen molar-refractivity contribution in [1.29, 1.82) is 0 Å². The van der Waals surface area contributed by atoms with E-state index in [1.54, 1.807) is 6.92 Å². The Morgan fingerprint density at radius 1 is 1.50 bits per heavy atom. The van der Waals surface area contributed by atoms with E-state index in [4.69, 9.17) is 5.14 Å². The molecule has 0 amide bonds. The van der Waals surface area contributed by atoms with Gasteiger partial charge in [0.15, 0.2) is 9.84 Å². The van der Waals surface area contributed by atoms with Gasteiger partial charge in [-0.3, -0.25) is 0 Å². The molecule has 1 aromatic heterocycles. The van der Waals surface area contributed by atoms with Gasteiger partial charge in [0.2, 0.25) is 10.0 Å². The van der Waals surface area contributed by atoms with E-state index in [2.05, 4.69) is 0 Å². The molecule has 0 aromatic carbocycles. The molecule has 90 valence electrons. The van der Waals surface area contributed by atoms with Crippen LogP contribution in [0.15, 0.2) is 14.5 Å². The lowest BCUT2D eigenvalue weighted by Crippen LogP contribution is -2.23. The average molecular weight is 281 g/mol. The van der Waals surface area contributed by atoms with Crippen molar-refractivity contribution in [3.05, 3.63) is 11.6 Å². The quantitative estimate of drug-likeness (QED) is 0.811. The van der Waals surface area contributed by atoms with Crippen LogP contribution >= 0.6 is 11.3 Å². The van der Waals surface area contributed by atoms with E-state index in [0.29, 0.717) is 18.4 Å². The summed E-state index contributed by atoms with van der Waals surface area (Å²) in [6.07, 6.45) is 1.11. The molecule has 0 saturated heterocycles. The number of rotatable bonds is 1. The summed E-state index contributed by atoms with van der Waals surface area (Å²) in [4.78, 5) is 0. The number of hydrogen-bond acceptors (Lipinski definition) is 5. The highest BCUT2D eigenvalue weighted by atomic mass is 32.3. The molecular weight excluding hydrogens is 270 g/mol. The second-order valence-electron chi connectivity index (χ2n) is 3.82. The zero-order valence-corrected chi connectivity index (χ0v) is 11.0. The van der Waals surface area contributed by atoms with Gasteiger partial charge >= 0.3 is 0 Å². The summed E-state index contributed by atoms with van der Waals surface area (Å²) in [5.74, 6) is 0. The Bertz CT molecular complexity index is 626. The number of hydrogen-bond donors (Lipinski definition) is 1. The van der Waals surface area contributed by atoms with Gasteiger partial charge in [-0.2, -0.15) is 0 Å². The first kappa shape index (κ1) is 12.0. The van der Waals surface area contributed by atoms with Crippen molar-refractivity contribution in [3.63, 3.8) is 0 Å². The number of aryl methyl sites for hydroxylation is 1. The lowest BCUT2D eigenvalue weighted by molar-refractivity contribution is 0.570. The molecule has 2 N–H and O–H groups in total. The van der Waals surface area contributed by atoms with Gasteiger partial charge in [0.05, 0.1) is 5.25 Å². The van der Waals surface area contributed by atoms with Gasteiger partial charge < -0.3 is 0 Å². The molecule has 2 rings (SSSR count). The van der Waals surface area contributed by atoms with E-state index in [-0.39, 0.29) is 8.42 Å². The van der Waals surface area contributed by atoms with Crippen LogP contribution in [0.25, 0.3) is 0 Å². The summed E-state index contributed by atoms with van der Waals surface area (Å²) >= 11 is 0.752. The van der Waals surface area contributed by atoms with Gasteiger partial charge in [0.25, 0.3) is 0 Å². The van der Waals surface area contributed by atoms with E-state index in [1.807, 2.05) is 0 Å². The topological polar surface area (TPSA) is 94.3 Å². The average Bonchev–Trinajstić information content (AvgIpc) is 2.56. The normalized spacial score (nSPS) is 24.0. The van der Waals surface area contributed by atoms with Crippen molar-refractivity contribution < 1.29 is 16.8 Å². The highest BCUT2D eigenvalue weighted by Gasteiger charge is 2.34. The van der Waals surface area contributed by atoms with E-state index >= 15 is 0 Å². The summed E-state index contributed by atoms with van der Waals surface area (Å²) in [5.41, 5.74) is 0.576. The second-order valence-corrected chi connectivity index (χ2v) is 9.22. The fourth-order valence-corrected chi connectivity index (χ4v) is 6.04. The standard InChI is InChI=1S/C8H11NO4S3/c1-5-2-3-6-4-7(16(9,12)13)14-8(6)15(5,10)11/h4-5H,2-3H2,1H3,(H2,9,12,13)/t5-/m0/s1. The third-order valence-electron chi connectivity index (χ3n) is 2.64. The molecule has 1 aliphatic rings. The zero-order valence-electron chi connectivity index (χ0n) is 8.50. The smallest absolute Gasteiger partial charge is 0.224 e. The van der Waals surface area contributed by atoms with Gasteiger partial charge in [0.1, 0.15) is 8.42 Å². The predicted molar refractivity (Wildman–Crippen MR) is 60.7 cm³/mol. The van der Waals surface area contributed by atoms with Crippen LogP contribution < -0.4 is 5.14 Å². The van der Waals surface area contributed by atoms with Gasteiger partial charge in [-0.05, 0) is 31.4 Å². The molecule has 8 heteroatoms. The minimum atomic E-state index is -3.81. The van der Waals surface area contributed by atoms with Gasteiger partial charge in [-0.15, -0.1) is 11.3 Å². The lowest BCUT2D eigenvalue weighted by Gasteiger charge is -2.17. The van der Waals surface area contributed by atoms with E-state index in [0.717, 1.165) is 11.3 Å². The molecule has 0 fully saturated rings. The molecule has 0 spiro atoms. The Labute approximate surface area is 98.3 Å². The van der Waals surface area contributed by atoms with Crippen LogP contribution in [-0.4, -0.2) is 22.1 Å². The third kappa shape index (κ3) is 1.79. The highest BCUT2D eigenvalue weighted by molar-refractivity contribution is 7.95. The SMILES string of the molecule is C[C@H]1CCc2cc(S(N)(=O)=O)sc2S1(=O)=O. The minimum Gasteiger partial charge on any atom is -0.224 e. The molecule has 5 nitrogen and oxygen atoms in total. The van der Waals surface area contributed by atoms with Crippen molar-refractivity contribution in [3.8, 4) is 0 Å². The summed E-state index contributed by atoms with van der Waals surface area (Å²) in [6.45, 7) is 1.63. The van der Waals surface area contributed by atoms with Crippen LogP contribution in [0.5, 0.6) is 0 Å². The van der Waals surface area contributed by atoms with Crippen LogP contribution in [0, 0.1) is 0 Å². The van der Waals surface area contributed by atoms with E-state index < -0.39 is 25.1 Å². The van der Waals surface area contributed by atoms with Gasteiger partial charge in [-0.25, -0.2) is 22.0 Å². The highest BCUT2D eigenvalue weighted by Crippen LogP contribution is 2.37. The Balaban J connectivity index is 2.67. The summed E-state index contributed by atoms with van der Waals surface area (Å²) in [6, 6.07) is 1.37. The van der Waals surface area contributed by atoms with Crippen molar-refractivity contribution in [2.75, 3.05) is 0 Å². The fraction of sp³-hybridized carbons (Fsp3) is 0.500. The number of thiophene rings is 1. The van der Waals surface area contributed by atoms with Crippen molar-refractivity contribution in [2.24, 2.45) is 5.14 Å². The molecule has 0 bridgehead atoms. The van der Waals surface area contributed by atoms with Gasteiger partial charge in [0, 0.05) is 0 Å². The molecule has 16 heavy (non-hydrogen) atoms. The monoisotopic (exact) mass is 281 g/mol. The zero-order chi connectivity index (χ0) is 12.1. The summed E-state index contributed by atoms with van der Waals surface area (Å²) in [5, 5.41) is 4.53. The van der Waals surface area contributed by atoms with Crippen molar-refractivity contribution >= 4 is 31.2 Å². The van der Waals surface area contributed by atoms with Crippen LogP contribution in [0.4, 0.5) is 0 Å². The molecule has 0 unspecified atom stereocenters. The molecule has 1 atom stereocenters. The van der Waals surface area contributed by atoms with Crippen LogP contribution in [0.3, 0.4) is 0 Å². The first-order valence-corrected chi connectivity index (χ1v) is 8.53. The molecule has 1 aromatic rings. The van der Waals surface area contributed by atoms with E-state index in [1.165, 1.54) is 6.07 Å². The predicted octanol–water partition coefficient (Wildman–Crippen LogP) is 0.504. The number of fused-ring (bicyclic) bond motifs is 1. The Hall–Kier alpha value is -0.440. The molecule has 1 aliphatic heterocycles. The second kappa shape index (κ2) is 3.52. The first-order valence-electron chi connectivity index (χ1n) is 4.62. The maximum absolute atomic E-state index is 11.9. The molecule has 2 heterocycles. The van der Waals surface area contributed by atoms with Gasteiger partial charge in [-0.1, -0.05) is 0 Å². The van der Waals surface area contributed by atoms with Crippen LogP contribution in [0.1, 0.15) is 18.9 Å². The third-order valence-corrected chi connectivity index (χ3v) is 8.05. The molecule has 0 saturated carbocycles. The number of sulfonamides is 1. The number of sulfone groups is 1. The van der Waals surface area contributed by atoms with Crippen molar-refractivity contribution in [1.82, 2.24) is 0 Å². The number of nitrogens with two attached hydrogens (primary N) is 1. The fourth-order valence-electron chi connectivity index (χ4n) is 1.64. The van der Waals surface area contributed by atoms with Crippen LogP contribution in [-0.2, 0) is 26.3 Å².